The maximum Gasteiger partial charge on any atom is 0.140 e. The number of pyridine rings is 1. The minimum atomic E-state index is -0.268. The van der Waals surface area contributed by atoms with Crippen LogP contribution in [-0.2, 0) is 6.54 Å². The molecule has 1 fully saturated rings. The van der Waals surface area contributed by atoms with E-state index in [4.69, 9.17) is 5.26 Å². The van der Waals surface area contributed by atoms with Crippen LogP contribution >= 0.6 is 0 Å². The largest absolute Gasteiger partial charge is 0.297 e. The molecule has 0 unspecified atom stereocenters. The fraction of sp³-hybridized carbons (Fsp3) is 0.250. The maximum atomic E-state index is 13.5. The molecule has 0 amide bonds. The average molecular weight is 404 g/mol. The highest BCUT2D eigenvalue weighted by Gasteiger charge is 2.26. The summed E-state index contributed by atoms with van der Waals surface area (Å²) in [5, 5.41) is 9.03. The lowest BCUT2D eigenvalue weighted by Crippen LogP contribution is -2.47. The lowest BCUT2D eigenvalue weighted by molar-refractivity contribution is 0.105. The predicted molar refractivity (Wildman–Crippen MR) is 110 cm³/mol. The van der Waals surface area contributed by atoms with Crippen LogP contribution in [0.4, 0.5) is 8.78 Å². The molecule has 0 radical (unpaired) electrons. The Bertz CT molecular complexity index is 975. The topological polar surface area (TPSA) is 43.2 Å². The van der Waals surface area contributed by atoms with E-state index in [0.717, 1.165) is 49.4 Å². The third-order valence-corrected chi connectivity index (χ3v) is 5.49. The van der Waals surface area contributed by atoms with Crippen molar-refractivity contribution in [2.75, 3.05) is 26.2 Å². The summed E-state index contributed by atoms with van der Waals surface area (Å²) >= 11 is 0. The molecule has 2 aromatic carbocycles. The van der Waals surface area contributed by atoms with Crippen LogP contribution in [-0.4, -0.2) is 41.0 Å². The zero-order valence-electron chi connectivity index (χ0n) is 16.5. The lowest BCUT2D eigenvalue weighted by atomic mass is 9.96. The van der Waals surface area contributed by atoms with Crippen molar-refractivity contribution in [3.63, 3.8) is 0 Å². The van der Waals surface area contributed by atoms with E-state index < -0.39 is 0 Å². The van der Waals surface area contributed by atoms with Crippen LogP contribution in [0.3, 0.4) is 0 Å². The summed E-state index contributed by atoms with van der Waals surface area (Å²) in [4.78, 5) is 8.72. The van der Waals surface area contributed by atoms with Gasteiger partial charge in [-0.05, 0) is 53.1 Å². The van der Waals surface area contributed by atoms with Crippen molar-refractivity contribution in [3.05, 3.63) is 101 Å². The van der Waals surface area contributed by atoms with Gasteiger partial charge in [-0.15, -0.1) is 0 Å². The van der Waals surface area contributed by atoms with Gasteiger partial charge in [-0.3, -0.25) is 9.80 Å². The zero-order valence-corrected chi connectivity index (χ0v) is 16.5. The molecule has 3 aromatic rings. The second-order valence-corrected chi connectivity index (χ2v) is 7.48. The molecule has 4 rings (SSSR count). The molecule has 0 saturated carbocycles. The van der Waals surface area contributed by atoms with Crippen LogP contribution in [0.5, 0.6) is 0 Å². The second kappa shape index (κ2) is 9.12. The van der Waals surface area contributed by atoms with E-state index >= 15 is 0 Å². The lowest BCUT2D eigenvalue weighted by Gasteiger charge is -2.39. The van der Waals surface area contributed by atoms with Gasteiger partial charge in [0.1, 0.15) is 23.4 Å². The standard InChI is InChI=1S/C24H22F2N4/c25-21-5-1-19(2-6-21)24(20-3-7-22(26)8-4-20)30-13-11-29(12-14-30)17-18-9-10-28-23(15-18)16-27/h1-10,15,24H,11-14,17H2. The number of hydrogen-bond donors (Lipinski definition) is 0. The highest BCUT2D eigenvalue weighted by Crippen LogP contribution is 2.30. The van der Waals surface area contributed by atoms with Crippen molar-refractivity contribution in [1.29, 1.82) is 5.26 Å². The Morgan fingerprint density at radius 2 is 1.43 bits per heavy atom. The van der Waals surface area contributed by atoms with E-state index in [1.807, 2.05) is 12.1 Å². The number of nitriles is 1. The molecule has 152 valence electrons. The molecular formula is C24H22F2N4. The Morgan fingerprint density at radius 3 is 1.97 bits per heavy atom. The van der Waals surface area contributed by atoms with Crippen LogP contribution in [0.15, 0.2) is 66.9 Å². The highest BCUT2D eigenvalue weighted by molar-refractivity contribution is 5.32. The van der Waals surface area contributed by atoms with Crippen molar-refractivity contribution in [3.8, 4) is 6.07 Å². The molecule has 4 nitrogen and oxygen atoms in total. The first-order chi connectivity index (χ1) is 14.6. The molecule has 0 bridgehead atoms. The fourth-order valence-corrected chi connectivity index (χ4v) is 3.98. The van der Waals surface area contributed by atoms with Gasteiger partial charge < -0.3 is 0 Å². The van der Waals surface area contributed by atoms with Crippen molar-refractivity contribution >= 4 is 0 Å². The Morgan fingerprint density at radius 1 is 0.867 bits per heavy atom. The Kier molecular flexibility index (Phi) is 6.12. The van der Waals surface area contributed by atoms with Crippen LogP contribution < -0.4 is 0 Å². The summed E-state index contributed by atoms with van der Waals surface area (Å²) in [6, 6.07) is 18.9. The van der Waals surface area contributed by atoms with Crippen molar-refractivity contribution in [1.82, 2.24) is 14.8 Å². The third-order valence-electron chi connectivity index (χ3n) is 5.49. The highest BCUT2D eigenvalue weighted by atomic mass is 19.1. The van der Waals surface area contributed by atoms with Gasteiger partial charge in [0, 0.05) is 38.9 Å². The zero-order chi connectivity index (χ0) is 20.9. The van der Waals surface area contributed by atoms with Gasteiger partial charge in [0.05, 0.1) is 6.04 Å². The molecule has 1 aliphatic heterocycles. The summed E-state index contributed by atoms with van der Waals surface area (Å²) < 4.78 is 26.9. The SMILES string of the molecule is N#Cc1cc(CN2CCN(C(c3ccc(F)cc3)c3ccc(F)cc3)CC2)ccn1. The molecule has 0 atom stereocenters. The fourth-order valence-electron chi connectivity index (χ4n) is 3.98. The average Bonchev–Trinajstić information content (AvgIpc) is 2.78. The summed E-state index contributed by atoms with van der Waals surface area (Å²) in [5.41, 5.74) is 3.48. The van der Waals surface area contributed by atoms with Gasteiger partial charge in [-0.2, -0.15) is 5.26 Å². The normalized spacial score (nSPS) is 15.3. The summed E-state index contributed by atoms with van der Waals surface area (Å²) in [6.07, 6.45) is 1.67. The van der Waals surface area contributed by atoms with Gasteiger partial charge in [-0.1, -0.05) is 24.3 Å². The molecular weight excluding hydrogens is 382 g/mol. The Hall–Kier alpha value is -3.14. The van der Waals surface area contributed by atoms with Gasteiger partial charge >= 0.3 is 0 Å². The number of piperazine rings is 1. The smallest absolute Gasteiger partial charge is 0.140 e. The van der Waals surface area contributed by atoms with E-state index in [9.17, 15) is 8.78 Å². The molecule has 2 heterocycles. The van der Waals surface area contributed by atoms with Crippen LogP contribution in [0, 0.1) is 23.0 Å². The minimum absolute atomic E-state index is 0.0560. The predicted octanol–water partition coefficient (Wildman–Crippen LogP) is 4.14. The van der Waals surface area contributed by atoms with E-state index in [2.05, 4.69) is 20.9 Å². The van der Waals surface area contributed by atoms with Crippen molar-refractivity contribution in [2.24, 2.45) is 0 Å². The Labute approximate surface area is 175 Å². The molecule has 30 heavy (non-hydrogen) atoms. The maximum absolute atomic E-state index is 13.5. The van der Waals surface area contributed by atoms with E-state index in [0.29, 0.717) is 5.69 Å². The molecule has 0 spiro atoms. The monoisotopic (exact) mass is 404 g/mol. The first kappa shape index (κ1) is 20.1. The Balaban J connectivity index is 1.49. The molecule has 1 aliphatic rings. The number of aromatic nitrogens is 1. The summed E-state index contributed by atoms with van der Waals surface area (Å²) in [7, 11) is 0. The van der Waals surface area contributed by atoms with Gasteiger partial charge in [-0.25, -0.2) is 13.8 Å². The van der Waals surface area contributed by atoms with Gasteiger partial charge in [0.2, 0.25) is 0 Å². The van der Waals surface area contributed by atoms with Crippen molar-refractivity contribution in [2.45, 2.75) is 12.6 Å². The molecule has 1 aromatic heterocycles. The number of benzene rings is 2. The van der Waals surface area contributed by atoms with Crippen LogP contribution in [0.1, 0.15) is 28.4 Å². The second-order valence-electron chi connectivity index (χ2n) is 7.48. The quantitative estimate of drug-likeness (QED) is 0.641. The minimum Gasteiger partial charge on any atom is -0.297 e. The van der Waals surface area contributed by atoms with Crippen molar-refractivity contribution < 1.29 is 8.78 Å². The summed E-state index contributed by atoms with van der Waals surface area (Å²) in [5.74, 6) is -0.536. The number of halogens is 2. The molecule has 6 heteroatoms. The summed E-state index contributed by atoms with van der Waals surface area (Å²) in [6.45, 7) is 4.15. The van der Waals surface area contributed by atoms with Crippen LogP contribution in [0.2, 0.25) is 0 Å². The van der Waals surface area contributed by atoms with Crippen LogP contribution in [0.25, 0.3) is 0 Å². The molecule has 0 aliphatic carbocycles. The number of nitrogens with zero attached hydrogens (tertiary/aromatic N) is 4. The number of rotatable bonds is 5. The third kappa shape index (κ3) is 4.70. The van der Waals surface area contributed by atoms with E-state index in [-0.39, 0.29) is 17.7 Å². The first-order valence-electron chi connectivity index (χ1n) is 9.95. The van der Waals surface area contributed by atoms with E-state index in [1.54, 1.807) is 30.5 Å². The molecule has 1 saturated heterocycles. The molecule has 0 N–H and O–H groups in total. The number of hydrogen-bond acceptors (Lipinski definition) is 4. The first-order valence-corrected chi connectivity index (χ1v) is 9.95. The van der Waals surface area contributed by atoms with E-state index in [1.165, 1.54) is 24.3 Å². The van der Waals surface area contributed by atoms with Gasteiger partial charge in [0.25, 0.3) is 0 Å². The van der Waals surface area contributed by atoms with Gasteiger partial charge in [0.15, 0.2) is 0 Å².